The average molecular weight is 425 g/mol. The van der Waals surface area contributed by atoms with Gasteiger partial charge in [-0.05, 0) is 43.3 Å². The molecule has 0 aliphatic carbocycles. The number of aromatic nitrogens is 2. The fourth-order valence-corrected chi connectivity index (χ4v) is 4.28. The van der Waals surface area contributed by atoms with E-state index in [0.29, 0.717) is 23.6 Å². The molecule has 30 heavy (non-hydrogen) atoms. The third-order valence-electron chi connectivity index (χ3n) is 4.85. The van der Waals surface area contributed by atoms with Crippen LogP contribution in [0.15, 0.2) is 48.7 Å². The number of benzene rings is 2. The normalized spacial score (nSPS) is 10.9. The summed E-state index contributed by atoms with van der Waals surface area (Å²) in [6.07, 6.45) is 1.92. The molecule has 4 rings (SSSR count). The second-order valence-electron chi connectivity index (χ2n) is 6.62. The Labute approximate surface area is 176 Å². The van der Waals surface area contributed by atoms with E-state index in [2.05, 4.69) is 10.3 Å². The van der Waals surface area contributed by atoms with Crippen LogP contribution in [0.25, 0.3) is 16.2 Å². The summed E-state index contributed by atoms with van der Waals surface area (Å²) in [7, 11) is 3.04. The standard InChI is InChI=1S/C22H20FN3O3S/c1-13-19(11-24-21(27)16-5-4-6-18(28-2)20(16)29-3)30-22-25-17(12-26(13)22)14-7-9-15(23)10-8-14/h4-10,12H,11H2,1-3H3,(H,24,27). The first-order chi connectivity index (χ1) is 14.5. The van der Waals surface area contributed by atoms with E-state index < -0.39 is 0 Å². The molecule has 2 aromatic heterocycles. The summed E-state index contributed by atoms with van der Waals surface area (Å²) in [5.74, 6) is 0.383. The van der Waals surface area contributed by atoms with Gasteiger partial charge in [-0.15, -0.1) is 0 Å². The van der Waals surface area contributed by atoms with E-state index >= 15 is 0 Å². The molecule has 8 heteroatoms. The van der Waals surface area contributed by atoms with E-state index in [-0.39, 0.29) is 11.7 Å². The molecule has 1 amide bonds. The van der Waals surface area contributed by atoms with Crippen molar-refractivity contribution in [1.82, 2.24) is 14.7 Å². The van der Waals surface area contributed by atoms with Gasteiger partial charge in [0, 0.05) is 22.3 Å². The number of aryl methyl sites for hydroxylation is 1. The summed E-state index contributed by atoms with van der Waals surface area (Å²) in [6.45, 7) is 2.35. The van der Waals surface area contributed by atoms with Gasteiger partial charge in [-0.25, -0.2) is 9.37 Å². The molecular weight excluding hydrogens is 405 g/mol. The van der Waals surface area contributed by atoms with E-state index in [1.54, 1.807) is 30.3 Å². The Hall–Kier alpha value is -3.39. The first kappa shape index (κ1) is 19.9. The van der Waals surface area contributed by atoms with Crippen molar-refractivity contribution in [2.45, 2.75) is 13.5 Å². The van der Waals surface area contributed by atoms with Crippen LogP contribution in [-0.4, -0.2) is 29.5 Å². The maximum atomic E-state index is 13.2. The van der Waals surface area contributed by atoms with Crippen molar-refractivity contribution in [1.29, 1.82) is 0 Å². The number of carbonyl (C=O) groups is 1. The molecule has 6 nitrogen and oxygen atoms in total. The second-order valence-corrected chi connectivity index (χ2v) is 7.68. The molecule has 0 spiro atoms. The van der Waals surface area contributed by atoms with Gasteiger partial charge in [0.1, 0.15) is 5.82 Å². The number of hydrogen-bond donors (Lipinski definition) is 1. The highest BCUT2D eigenvalue weighted by molar-refractivity contribution is 7.17. The van der Waals surface area contributed by atoms with Gasteiger partial charge in [-0.3, -0.25) is 9.20 Å². The van der Waals surface area contributed by atoms with Crippen LogP contribution in [0.5, 0.6) is 11.5 Å². The summed E-state index contributed by atoms with van der Waals surface area (Å²) in [5.41, 5.74) is 3.04. The maximum absolute atomic E-state index is 13.2. The van der Waals surface area contributed by atoms with Gasteiger partial charge in [-0.1, -0.05) is 17.4 Å². The number of carbonyl (C=O) groups excluding carboxylic acids is 1. The van der Waals surface area contributed by atoms with Crippen molar-refractivity contribution >= 4 is 22.2 Å². The molecule has 2 aromatic carbocycles. The first-order valence-electron chi connectivity index (χ1n) is 9.24. The lowest BCUT2D eigenvalue weighted by Crippen LogP contribution is -2.23. The third-order valence-corrected chi connectivity index (χ3v) is 6.01. The van der Waals surface area contributed by atoms with Crippen LogP contribution in [0.3, 0.4) is 0 Å². The number of methoxy groups -OCH3 is 2. The number of amides is 1. The van der Waals surface area contributed by atoms with E-state index in [4.69, 9.17) is 9.47 Å². The number of thiazole rings is 1. The molecule has 154 valence electrons. The zero-order valence-corrected chi connectivity index (χ0v) is 17.5. The number of fused-ring (bicyclic) bond motifs is 1. The highest BCUT2D eigenvalue weighted by Gasteiger charge is 2.18. The Morgan fingerprint density at radius 2 is 1.93 bits per heavy atom. The molecular formula is C22H20FN3O3S. The summed E-state index contributed by atoms with van der Waals surface area (Å²) in [6, 6.07) is 11.4. The molecule has 0 saturated carbocycles. The van der Waals surface area contributed by atoms with Gasteiger partial charge in [-0.2, -0.15) is 0 Å². The number of nitrogens with zero attached hydrogens (tertiary/aromatic N) is 2. The minimum Gasteiger partial charge on any atom is -0.493 e. The summed E-state index contributed by atoms with van der Waals surface area (Å²) in [4.78, 5) is 19.2. The van der Waals surface area contributed by atoms with Crippen molar-refractivity contribution in [2.24, 2.45) is 0 Å². The predicted molar refractivity (Wildman–Crippen MR) is 114 cm³/mol. The molecule has 0 bridgehead atoms. The molecule has 0 saturated heterocycles. The number of nitrogens with one attached hydrogen (secondary N) is 1. The van der Waals surface area contributed by atoms with E-state index in [9.17, 15) is 9.18 Å². The van der Waals surface area contributed by atoms with Gasteiger partial charge in [0.05, 0.1) is 32.0 Å². The molecule has 0 fully saturated rings. The Bertz CT molecular complexity index is 1210. The monoisotopic (exact) mass is 425 g/mol. The number of ether oxygens (including phenoxy) is 2. The molecule has 0 aliphatic rings. The molecule has 4 aromatic rings. The maximum Gasteiger partial charge on any atom is 0.255 e. The lowest BCUT2D eigenvalue weighted by Gasteiger charge is -2.12. The van der Waals surface area contributed by atoms with E-state index in [1.807, 2.05) is 17.5 Å². The minimum atomic E-state index is -0.276. The third kappa shape index (κ3) is 3.61. The van der Waals surface area contributed by atoms with Crippen LogP contribution >= 0.6 is 11.3 Å². The number of para-hydroxylation sites is 1. The van der Waals surface area contributed by atoms with E-state index in [0.717, 1.165) is 26.8 Å². The van der Waals surface area contributed by atoms with Gasteiger partial charge in [0.2, 0.25) is 0 Å². The van der Waals surface area contributed by atoms with Crippen LogP contribution in [0, 0.1) is 12.7 Å². The molecule has 0 aliphatic heterocycles. The van der Waals surface area contributed by atoms with Crippen molar-refractivity contribution in [3.05, 3.63) is 70.6 Å². The lowest BCUT2D eigenvalue weighted by molar-refractivity contribution is 0.0947. The van der Waals surface area contributed by atoms with E-state index in [1.165, 1.54) is 37.7 Å². The van der Waals surface area contributed by atoms with Crippen molar-refractivity contribution in [2.75, 3.05) is 14.2 Å². The zero-order chi connectivity index (χ0) is 21.3. The van der Waals surface area contributed by atoms with Crippen LogP contribution in [0.4, 0.5) is 4.39 Å². The summed E-state index contributed by atoms with van der Waals surface area (Å²) < 4.78 is 25.7. The van der Waals surface area contributed by atoms with Crippen LogP contribution in [-0.2, 0) is 6.54 Å². The van der Waals surface area contributed by atoms with Gasteiger partial charge in [0.15, 0.2) is 16.5 Å². The number of hydrogen-bond acceptors (Lipinski definition) is 5. The van der Waals surface area contributed by atoms with Gasteiger partial charge in [0.25, 0.3) is 5.91 Å². The molecule has 0 atom stereocenters. The number of halogens is 1. The molecule has 2 heterocycles. The van der Waals surface area contributed by atoms with Crippen molar-refractivity contribution in [3.63, 3.8) is 0 Å². The highest BCUT2D eigenvalue weighted by atomic mass is 32.1. The molecule has 0 radical (unpaired) electrons. The van der Waals surface area contributed by atoms with Crippen LogP contribution < -0.4 is 14.8 Å². The Morgan fingerprint density at radius 1 is 1.17 bits per heavy atom. The lowest BCUT2D eigenvalue weighted by atomic mass is 10.1. The Morgan fingerprint density at radius 3 is 2.60 bits per heavy atom. The predicted octanol–water partition coefficient (Wildman–Crippen LogP) is 4.46. The van der Waals surface area contributed by atoms with Crippen LogP contribution in [0.1, 0.15) is 20.9 Å². The summed E-state index contributed by atoms with van der Waals surface area (Å²) >= 11 is 1.50. The van der Waals surface area contributed by atoms with Gasteiger partial charge >= 0.3 is 0 Å². The number of imidazole rings is 1. The van der Waals surface area contributed by atoms with Crippen molar-refractivity contribution in [3.8, 4) is 22.8 Å². The zero-order valence-electron chi connectivity index (χ0n) is 16.7. The topological polar surface area (TPSA) is 64.9 Å². The second kappa shape index (κ2) is 8.16. The Kier molecular flexibility index (Phi) is 5.41. The highest BCUT2D eigenvalue weighted by Crippen LogP contribution is 2.31. The largest absolute Gasteiger partial charge is 0.493 e. The first-order valence-corrected chi connectivity index (χ1v) is 10.1. The minimum absolute atomic E-state index is 0.247. The number of rotatable bonds is 6. The van der Waals surface area contributed by atoms with Gasteiger partial charge < -0.3 is 14.8 Å². The average Bonchev–Trinajstić information content (AvgIpc) is 3.31. The fraction of sp³-hybridized carbons (Fsp3) is 0.182. The fourth-order valence-electron chi connectivity index (χ4n) is 3.24. The summed E-state index contributed by atoms with van der Waals surface area (Å²) in [5, 5.41) is 2.94. The van der Waals surface area contributed by atoms with Crippen LogP contribution in [0.2, 0.25) is 0 Å². The molecule has 1 N–H and O–H groups in total. The molecule has 0 unspecified atom stereocenters. The SMILES string of the molecule is COc1cccc(C(=O)NCc2sc3nc(-c4ccc(F)cc4)cn3c2C)c1OC. The Balaban J connectivity index is 1.54. The quantitative estimate of drug-likeness (QED) is 0.496. The van der Waals surface area contributed by atoms with Crippen molar-refractivity contribution < 1.29 is 18.7 Å². The smallest absolute Gasteiger partial charge is 0.255 e.